The third-order valence-corrected chi connectivity index (χ3v) is 7.10. The SMILES string of the molecule is CC(C)C1CCC(C)(C2C(O)C(C)CCC2C(C)C)CC1O. The summed E-state index contributed by atoms with van der Waals surface area (Å²) in [7, 11) is 0. The van der Waals surface area contributed by atoms with Crippen molar-refractivity contribution in [2.75, 3.05) is 0 Å². The van der Waals surface area contributed by atoms with E-state index in [4.69, 9.17) is 0 Å². The van der Waals surface area contributed by atoms with Gasteiger partial charge in [-0.05, 0) is 73.0 Å². The lowest BCUT2D eigenvalue weighted by Gasteiger charge is -2.54. The van der Waals surface area contributed by atoms with Gasteiger partial charge in [0, 0.05) is 0 Å². The van der Waals surface area contributed by atoms with E-state index in [2.05, 4.69) is 41.5 Å². The molecule has 130 valence electrons. The molecule has 0 saturated heterocycles. The fraction of sp³-hybridized carbons (Fsp3) is 1.00. The molecule has 2 fully saturated rings. The van der Waals surface area contributed by atoms with Crippen LogP contribution < -0.4 is 0 Å². The van der Waals surface area contributed by atoms with E-state index in [0.29, 0.717) is 35.5 Å². The van der Waals surface area contributed by atoms with Gasteiger partial charge in [0.15, 0.2) is 0 Å². The van der Waals surface area contributed by atoms with Gasteiger partial charge < -0.3 is 10.2 Å². The van der Waals surface area contributed by atoms with Crippen LogP contribution in [0.25, 0.3) is 0 Å². The van der Waals surface area contributed by atoms with Crippen LogP contribution in [0, 0.1) is 40.9 Å². The monoisotopic (exact) mass is 310 g/mol. The van der Waals surface area contributed by atoms with E-state index in [1.807, 2.05) is 0 Å². The Morgan fingerprint density at radius 2 is 1.50 bits per heavy atom. The van der Waals surface area contributed by atoms with E-state index in [1.54, 1.807) is 0 Å². The largest absolute Gasteiger partial charge is 0.393 e. The maximum atomic E-state index is 11.0. The third-order valence-electron chi connectivity index (χ3n) is 7.10. The molecular weight excluding hydrogens is 272 g/mol. The molecule has 22 heavy (non-hydrogen) atoms. The van der Waals surface area contributed by atoms with Crippen molar-refractivity contribution >= 4 is 0 Å². The molecule has 0 heterocycles. The molecule has 0 aromatic heterocycles. The van der Waals surface area contributed by atoms with Gasteiger partial charge in [-0.1, -0.05) is 41.5 Å². The van der Waals surface area contributed by atoms with Gasteiger partial charge in [-0.15, -0.1) is 0 Å². The van der Waals surface area contributed by atoms with Gasteiger partial charge in [0.2, 0.25) is 0 Å². The first kappa shape index (κ1) is 18.3. The smallest absolute Gasteiger partial charge is 0.0601 e. The van der Waals surface area contributed by atoms with Crippen molar-refractivity contribution in [1.82, 2.24) is 0 Å². The molecule has 0 spiro atoms. The highest BCUT2D eigenvalue weighted by Crippen LogP contribution is 2.54. The number of aliphatic hydroxyl groups is 2. The molecule has 2 aliphatic carbocycles. The summed E-state index contributed by atoms with van der Waals surface area (Å²) in [5, 5.41) is 21.7. The van der Waals surface area contributed by atoms with Crippen LogP contribution in [0.5, 0.6) is 0 Å². The van der Waals surface area contributed by atoms with Crippen LogP contribution in [0.4, 0.5) is 0 Å². The highest BCUT2D eigenvalue weighted by Gasteiger charge is 2.51. The fourth-order valence-corrected chi connectivity index (χ4v) is 5.59. The summed E-state index contributed by atoms with van der Waals surface area (Å²) in [6, 6.07) is 0. The molecule has 2 saturated carbocycles. The topological polar surface area (TPSA) is 40.5 Å². The summed E-state index contributed by atoms with van der Waals surface area (Å²) in [4.78, 5) is 0. The molecule has 2 N–H and O–H groups in total. The minimum atomic E-state index is -0.200. The van der Waals surface area contributed by atoms with Crippen molar-refractivity contribution in [1.29, 1.82) is 0 Å². The molecule has 2 nitrogen and oxygen atoms in total. The standard InChI is InChI=1S/C20H38O2/c1-12(2)15-9-10-20(6,11-17(15)21)18-16(13(3)4)8-7-14(5)19(18)22/h12-19,21-22H,7-11H2,1-6H3. The van der Waals surface area contributed by atoms with Gasteiger partial charge in [-0.2, -0.15) is 0 Å². The predicted molar refractivity (Wildman–Crippen MR) is 92.5 cm³/mol. The van der Waals surface area contributed by atoms with Crippen molar-refractivity contribution in [2.45, 2.75) is 85.9 Å². The summed E-state index contributed by atoms with van der Waals surface area (Å²) in [6.45, 7) is 13.6. The van der Waals surface area contributed by atoms with E-state index in [1.165, 1.54) is 6.42 Å². The first-order chi connectivity index (χ1) is 10.2. The van der Waals surface area contributed by atoms with Crippen molar-refractivity contribution in [3.05, 3.63) is 0 Å². The Kier molecular flexibility index (Phi) is 5.65. The Bertz CT molecular complexity index is 365. The third kappa shape index (κ3) is 3.38. The zero-order valence-electron chi connectivity index (χ0n) is 15.5. The molecule has 2 heteroatoms. The molecule has 0 aromatic rings. The molecular formula is C20H38O2. The van der Waals surface area contributed by atoms with Gasteiger partial charge in [0.25, 0.3) is 0 Å². The van der Waals surface area contributed by atoms with Gasteiger partial charge in [-0.25, -0.2) is 0 Å². The van der Waals surface area contributed by atoms with E-state index >= 15 is 0 Å². The predicted octanol–water partition coefficient (Wildman–Crippen LogP) is 4.49. The lowest BCUT2D eigenvalue weighted by Crippen LogP contribution is -2.52. The first-order valence-corrected chi connectivity index (χ1v) is 9.53. The number of hydrogen-bond acceptors (Lipinski definition) is 2. The van der Waals surface area contributed by atoms with E-state index in [-0.39, 0.29) is 17.6 Å². The second-order valence-corrected chi connectivity index (χ2v) is 9.35. The minimum Gasteiger partial charge on any atom is -0.393 e. The minimum absolute atomic E-state index is 0.0911. The van der Waals surface area contributed by atoms with Crippen molar-refractivity contribution < 1.29 is 10.2 Å². The molecule has 0 aromatic carbocycles. The van der Waals surface area contributed by atoms with Crippen LogP contribution in [0.3, 0.4) is 0 Å². The lowest BCUT2D eigenvalue weighted by atomic mass is 9.53. The molecule has 0 radical (unpaired) electrons. The maximum Gasteiger partial charge on any atom is 0.0601 e. The van der Waals surface area contributed by atoms with Gasteiger partial charge in [-0.3, -0.25) is 0 Å². The molecule has 2 aliphatic rings. The zero-order chi connectivity index (χ0) is 16.7. The van der Waals surface area contributed by atoms with Crippen LogP contribution in [-0.4, -0.2) is 22.4 Å². The van der Waals surface area contributed by atoms with E-state index < -0.39 is 0 Å². The van der Waals surface area contributed by atoms with Crippen LogP contribution in [0.1, 0.15) is 73.6 Å². The Morgan fingerprint density at radius 3 is 2.00 bits per heavy atom. The number of hydrogen-bond donors (Lipinski definition) is 2. The normalized spacial score (nSPS) is 47.2. The Labute approximate surface area is 137 Å². The Hall–Kier alpha value is -0.0800. The maximum absolute atomic E-state index is 11.0. The van der Waals surface area contributed by atoms with E-state index in [0.717, 1.165) is 25.7 Å². The average molecular weight is 311 g/mol. The van der Waals surface area contributed by atoms with Crippen molar-refractivity contribution in [2.24, 2.45) is 40.9 Å². The highest BCUT2D eigenvalue weighted by atomic mass is 16.3. The van der Waals surface area contributed by atoms with Crippen LogP contribution in [-0.2, 0) is 0 Å². The highest BCUT2D eigenvalue weighted by molar-refractivity contribution is 5.00. The quantitative estimate of drug-likeness (QED) is 0.806. The molecule has 0 amide bonds. The average Bonchev–Trinajstić information content (AvgIpc) is 2.40. The van der Waals surface area contributed by atoms with Crippen molar-refractivity contribution in [3.8, 4) is 0 Å². The van der Waals surface area contributed by atoms with Gasteiger partial charge >= 0.3 is 0 Å². The Morgan fingerprint density at radius 1 is 0.909 bits per heavy atom. The zero-order valence-corrected chi connectivity index (χ0v) is 15.5. The van der Waals surface area contributed by atoms with Crippen molar-refractivity contribution in [3.63, 3.8) is 0 Å². The molecule has 7 atom stereocenters. The second kappa shape index (κ2) is 6.81. The summed E-state index contributed by atoms with van der Waals surface area (Å²) in [5.74, 6) is 2.94. The molecule has 0 bridgehead atoms. The van der Waals surface area contributed by atoms with Crippen LogP contribution >= 0.6 is 0 Å². The summed E-state index contributed by atoms with van der Waals surface area (Å²) < 4.78 is 0. The first-order valence-electron chi connectivity index (χ1n) is 9.53. The lowest BCUT2D eigenvalue weighted by molar-refractivity contribution is -0.122. The molecule has 0 aliphatic heterocycles. The summed E-state index contributed by atoms with van der Waals surface area (Å²) >= 11 is 0. The summed E-state index contributed by atoms with van der Waals surface area (Å²) in [5.41, 5.74) is 0.0911. The molecule has 2 rings (SSSR count). The second-order valence-electron chi connectivity index (χ2n) is 9.35. The van der Waals surface area contributed by atoms with Crippen LogP contribution in [0.2, 0.25) is 0 Å². The van der Waals surface area contributed by atoms with Gasteiger partial charge in [0.05, 0.1) is 12.2 Å². The fourth-order valence-electron chi connectivity index (χ4n) is 5.59. The van der Waals surface area contributed by atoms with Gasteiger partial charge in [0.1, 0.15) is 0 Å². The number of rotatable bonds is 3. The summed E-state index contributed by atoms with van der Waals surface area (Å²) in [6.07, 6.45) is 5.12. The van der Waals surface area contributed by atoms with E-state index in [9.17, 15) is 10.2 Å². The number of aliphatic hydroxyl groups excluding tert-OH is 2. The Balaban J connectivity index is 2.22. The van der Waals surface area contributed by atoms with Crippen LogP contribution in [0.15, 0.2) is 0 Å². The molecule has 7 unspecified atom stereocenters.